The van der Waals surface area contributed by atoms with Gasteiger partial charge < -0.3 is 0 Å². The Morgan fingerprint density at radius 2 is 2.00 bits per heavy atom. The largest absolute Gasteiger partial charge is 0.484 e. The van der Waals surface area contributed by atoms with Crippen LogP contribution in [0.1, 0.15) is 5.56 Å². The topological polar surface area (TPSA) is 3.24 Å². The van der Waals surface area contributed by atoms with E-state index in [1.807, 2.05) is 0 Å². The predicted octanol–water partition coefficient (Wildman–Crippen LogP) is 3.33. The molecule has 2 rings (SSSR count). The highest BCUT2D eigenvalue weighted by Crippen LogP contribution is 2.40. The van der Waals surface area contributed by atoms with E-state index < -0.39 is 6.30 Å². The fourth-order valence-electron chi connectivity index (χ4n) is 1.66. The lowest BCUT2D eigenvalue weighted by Gasteiger charge is -2.23. The number of rotatable bonds is 0. The predicted molar refractivity (Wildman–Crippen MR) is 51.2 cm³/mol. The summed E-state index contributed by atoms with van der Waals surface area (Å²) < 4.78 is 38.1. The number of halogens is 4. The number of nitrogens with zero attached hydrogens (tertiary/aromatic N) is 1. The Hall–Kier alpha value is -0.710. The summed E-state index contributed by atoms with van der Waals surface area (Å²) in [5, 5.41) is 0. The first-order chi connectivity index (χ1) is 6.50. The maximum absolute atomic E-state index is 12.5. The number of alkyl halides is 3. The van der Waals surface area contributed by atoms with Crippen molar-refractivity contribution in [3.8, 4) is 0 Å². The third kappa shape index (κ3) is 1.49. The molecule has 0 amide bonds. The number of para-hydroxylation sites is 1. The van der Waals surface area contributed by atoms with Crippen LogP contribution in [0, 0.1) is 0 Å². The maximum Gasteiger partial charge on any atom is 0.484 e. The zero-order valence-electron chi connectivity index (χ0n) is 7.11. The lowest BCUT2D eigenvalue weighted by Crippen LogP contribution is -2.36. The molecule has 0 radical (unpaired) electrons. The molecule has 1 nitrogen and oxygen atoms in total. The van der Waals surface area contributed by atoms with Crippen LogP contribution < -0.4 is 4.90 Å². The van der Waals surface area contributed by atoms with Gasteiger partial charge in [-0.25, -0.2) is 0 Å². The third-order valence-electron chi connectivity index (χ3n) is 2.25. The quantitative estimate of drug-likeness (QED) is 0.651. The van der Waals surface area contributed by atoms with Crippen molar-refractivity contribution in [1.82, 2.24) is 0 Å². The number of benzene rings is 1. The molecule has 14 heavy (non-hydrogen) atoms. The average Bonchev–Trinajstić information content (AvgIpc) is 2.47. The number of hydrogen-bond donors (Lipinski definition) is 0. The summed E-state index contributed by atoms with van der Waals surface area (Å²) in [7, 11) is 0. The Morgan fingerprint density at radius 3 is 2.64 bits per heavy atom. The van der Waals surface area contributed by atoms with Crippen molar-refractivity contribution in [2.75, 3.05) is 11.4 Å². The van der Waals surface area contributed by atoms with Crippen LogP contribution in [0.3, 0.4) is 0 Å². The van der Waals surface area contributed by atoms with Crippen molar-refractivity contribution in [2.24, 2.45) is 0 Å². The summed E-state index contributed by atoms with van der Waals surface area (Å²) in [6.45, 7) is 0.0153. The van der Waals surface area contributed by atoms with E-state index in [1.165, 1.54) is 0 Å². The van der Waals surface area contributed by atoms with Gasteiger partial charge in [-0.15, -0.1) is 0 Å². The molecule has 76 valence electrons. The molecule has 0 bridgehead atoms. The number of fused-ring (bicyclic) bond motifs is 1. The molecule has 0 spiro atoms. The standard InChI is InChI=1S/C9H7BrF3N/c10-7-3-1-2-6-4-5-14(8(6)7)9(11,12)13/h1-3H,4-5H2. The zero-order chi connectivity index (χ0) is 10.3. The van der Waals surface area contributed by atoms with E-state index in [2.05, 4.69) is 15.9 Å². The van der Waals surface area contributed by atoms with Crippen LogP contribution in [-0.2, 0) is 6.42 Å². The smallest absolute Gasteiger partial charge is 0.282 e. The van der Waals surface area contributed by atoms with Gasteiger partial charge in [0.25, 0.3) is 0 Å². The highest BCUT2D eigenvalue weighted by atomic mass is 79.9. The summed E-state index contributed by atoms with van der Waals surface area (Å²) in [5.74, 6) is 0. The van der Waals surface area contributed by atoms with E-state index >= 15 is 0 Å². The van der Waals surface area contributed by atoms with E-state index in [-0.39, 0.29) is 12.2 Å². The summed E-state index contributed by atoms with van der Waals surface area (Å²) in [6, 6.07) is 5.11. The van der Waals surface area contributed by atoms with Crippen molar-refractivity contribution in [3.63, 3.8) is 0 Å². The first kappa shape index (κ1) is 9.83. The van der Waals surface area contributed by atoms with Gasteiger partial charge in [0, 0.05) is 11.0 Å². The Labute approximate surface area is 87.6 Å². The lowest BCUT2D eigenvalue weighted by molar-refractivity contribution is -0.128. The molecule has 1 aliphatic rings. The molecule has 0 fully saturated rings. The second-order valence-electron chi connectivity index (χ2n) is 3.12. The first-order valence-corrected chi connectivity index (χ1v) is 4.91. The van der Waals surface area contributed by atoms with Crippen LogP contribution in [0.5, 0.6) is 0 Å². The molecule has 0 N–H and O–H groups in total. The first-order valence-electron chi connectivity index (χ1n) is 4.12. The highest BCUT2D eigenvalue weighted by molar-refractivity contribution is 9.10. The van der Waals surface area contributed by atoms with Gasteiger partial charge in [0.2, 0.25) is 0 Å². The molecule has 1 heterocycles. The molecule has 0 aromatic heterocycles. The second-order valence-corrected chi connectivity index (χ2v) is 3.97. The lowest BCUT2D eigenvalue weighted by atomic mass is 10.2. The van der Waals surface area contributed by atoms with Crippen molar-refractivity contribution in [3.05, 3.63) is 28.2 Å². The van der Waals surface area contributed by atoms with E-state index in [1.54, 1.807) is 18.2 Å². The molecule has 0 atom stereocenters. The van der Waals surface area contributed by atoms with E-state index in [4.69, 9.17) is 0 Å². The number of anilines is 1. The minimum Gasteiger partial charge on any atom is -0.282 e. The molecular formula is C9H7BrF3N. The Balaban J connectivity index is 2.48. The molecule has 1 aromatic carbocycles. The van der Waals surface area contributed by atoms with Gasteiger partial charge in [-0.3, -0.25) is 4.90 Å². The fourth-order valence-corrected chi connectivity index (χ4v) is 2.28. The Bertz CT molecular complexity index is 362. The SMILES string of the molecule is FC(F)(F)N1CCc2cccc(Br)c21. The van der Waals surface area contributed by atoms with E-state index in [0.717, 1.165) is 5.56 Å². The molecule has 0 saturated heterocycles. The summed E-state index contributed by atoms with van der Waals surface area (Å²) in [4.78, 5) is 0.479. The Kier molecular flexibility index (Phi) is 2.21. The normalized spacial score (nSPS) is 15.9. The third-order valence-corrected chi connectivity index (χ3v) is 2.89. The monoisotopic (exact) mass is 265 g/mol. The molecule has 0 saturated carbocycles. The van der Waals surface area contributed by atoms with Crippen LogP contribution in [0.4, 0.5) is 18.9 Å². The van der Waals surface area contributed by atoms with Crippen LogP contribution in [0.15, 0.2) is 22.7 Å². The van der Waals surface area contributed by atoms with Crippen LogP contribution >= 0.6 is 15.9 Å². The fraction of sp³-hybridized carbons (Fsp3) is 0.333. The molecular weight excluding hydrogens is 259 g/mol. The van der Waals surface area contributed by atoms with Gasteiger partial charge in [0.05, 0.1) is 5.69 Å². The van der Waals surface area contributed by atoms with Gasteiger partial charge >= 0.3 is 6.30 Å². The van der Waals surface area contributed by atoms with E-state index in [0.29, 0.717) is 15.8 Å². The van der Waals surface area contributed by atoms with Gasteiger partial charge in [0.1, 0.15) is 0 Å². The summed E-state index contributed by atoms with van der Waals surface area (Å²) in [6.07, 6.45) is -3.83. The maximum atomic E-state index is 12.5. The zero-order valence-corrected chi connectivity index (χ0v) is 8.69. The van der Waals surface area contributed by atoms with Crippen LogP contribution in [0.25, 0.3) is 0 Å². The minimum absolute atomic E-state index is 0.0153. The van der Waals surface area contributed by atoms with Crippen molar-refractivity contribution in [1.29, 1.82) is 0 Å². The van der Waals surface area contributed by atoms with Gasteiger partial charge in [-0.2, -0.15) is 13.2 Å². The molecule has 1 aliphatic heterocycles. The van der Waals surface area contributed by atoms with Crippen LogP contribution in [0.2, 0.25) is 0 Å². The molecule has 0 unspecified atom stereocenters. The van der Waals surface area contributed by atoms with Crippen LogP contribution in [-0.4, -0.2) is 12.8 Å². The van der Waals surface area contributed by atoms with Crippen molar-refractivity contribution < 1.29 is 13.2 Å². The Morgan fingerprint density at radius 1 is 1.29 bits per heavy atom. The summed E-state index contributed by atoms with van der Waals surface area (Å²) in [5.41, 5.74) is 1.01. The van der Waals surface area contributed by atoms with Gasteiger partial charge in [0.15, 0.2) is 0 Å². The molecule has 5 heteroatoms. The second kappa shape index (κ2) is 3.15. The van der Waals surface area contributed by atoms with Crippen molar-refractivity contribution >= 4 is 21.6 Å². The van der Waals surface area contributed by atoms with Gasteiger partial charge in [-0.1, -0.05) is 12.1 Å². The molecule has 1 aromatic rings. The molecule has 0 aliphatic carbocycles. The minimum atomic E-state index is -4.28. The van der Waals surface area contributed by atoms with Crippen molar-refractivity contribution in [2.45, 2.75) is 12.7 Å². The van der Waals surface area contributed by atoms with Gasteiger partial charge in [-0.05, 0) is 34.0 Å². The highest BCUT2D eigenvalue weighted by Gasteiger charge is 2.41. The van der Waals surface area contributed by atoms with E-state index in [9.17, 15) is 13.2 Å². The summed E-state index contributed by atoms with van der Waals surface area (Å²) >= 11 is 3.14. The average molecular weight is 266 g/mol. The number of hydrogen-bond acceptors (Lipinski definition) is 1.